The zero-order valence-electron chi connectivity index (χ0n) is 17.5. The molecule has 0 spiro atoms. The zero-order valence-corrected chi connectivity index (χ0v) is 20.3. The summed E-state index contributed by atoms with van der Waals surface area (Å²) < 4.78 is 10.5. The fourth-order valence-corrected chi connectivity index (χ4v) is 19.6. The fourth-order valence-electron chi connectivity index (χ4n) is 4.20. The summed E-state index contributed by atoms with van der Waals surface area (Å²) in [7, 11) is 1.46. The second-order valence-electron chi connectivity index (χ2n) is 7.54. The summed E-state index contributed by atoms with van der Waals surface area (Å²) in [6, 6.07) is 10.5. The molecule has 0 radical (unpaired) electrons. The van der Waals surface area contributed by atoms with Crippen molar-refractivity contribution in [2.24, 2.45) is 0 Å². The van der Waals surface area contributed by atoms with E-state index in [-0.39, 0.29) is 5.97 Å². The molecule has 1 heterocycles. The number of hydrogen-bond donors (Lipinski definition) is 0. The van der Waals surface area contributed by atoms with Gasteiger partial charge in [-0.05, 0) is 0 Å². The van der Waals surface area contributed by atoms with Crippen molar-refractivity contribution in [2.45, 2.75) is 60.3 Å². The van der Waals surface area contributed by atoms with Gasteiger partial charge in [-0.25, -0.2) is 0 Å². The molecule has 0 fully saturated rings. The van der Waals surface area contributed by atoms with Crippen LogP contribution in [0, 0.1) is 6.92 Å². The van der Waals surface area contributed by atoms with Crippen LogP contribution in [0.5, 0.6) is 0 Å². The van der Waals surface area contributed by atoms with E-state index in [1.807, 2.05) is 25.3 Å². The number of esters is 1. The normalized spacial score (nSPS) is 11.4. The van der Waals surface area contributed by atoms with Gasteiger partial charge in [0.2, 0.25) is 0 Å². The van der Waals surface area contributed by atoms with Crippen molar-refractivity contribution in [3.63, 3.8) is 0 Å². The van der Waals surface area contributed by atoms with Crippen LogP contribution in [0.25, 0.3) is 11.3 Å². The Morgan fingerprint density at radius 1 is 1.00 bits per heavy atom. The Hall–Kier alpha value is -1.36. The maximum atomic E-state index is 12.4. The summed E-state index contributed by atoms with van der Waals surface area (Å²) in [5.74, 6) is -0.255. The molecule has 1 aromatic carbocycles. The first-order valence-corrected chi connectivity index (χ1v) is 17.6. The first-order chi connectivity index (χ1) is 13.0. The van der Waals surface area contributed by atoms with E-state index >= 15 is 0 Å². The van der Waals surface area contributed by atoms with Crippen molar-refractivity contribution in [1.29, 1.82) is 0 Å². The van der Waals surface area contributed by atoms with Gasteiger partial charge in [-0.3, -0.25) is 0 Å². The van der Waals surface area contributed by atoms with Gasteiger partial charge >= 0.3 is 169 Å². The van der Waals surface area contributed by atoms with E-state index in [1.54, 1.807) is 0 Å². The number of rotatable bonds is 9. The predicted octanol–water partition coefficient (Wildman–Crippen LogP) is 5.73. The third kappa shape index (κ3) is 5.34. The molecule has 2 aromatic rings. The minimum absolute atomic E-state index is 0.255. The summed E-state index contributed by atoms with van der Waals surface area (Å²) in [6.07, 6.45) is 5.55. The molecule has 1 aromatic heterocycles. The van der Waals surface area contributed by atoms with Gasteiger partial charge in [-0.1, -0.05) is 0 Å². The molecule has 0 saturated carbocycles. The Labute approximate surface area is 168 Å². The molecular weight excluding hydrogens is 441 g/mol. The maximum absolute atomic E-state index is 12.4. The summed E-state index contributed by atoms with van der Waals surface area (Å²) in [6.45, 7) is 8.93. The molecule has 0 aliphatic carbocycles. The summed E-state index contributed by atoms with van der Waals surface area (Å²) in [5, 5.41) is 0. The third-order valence-corrected chi connectivity index (χ3v) is 22.2. The van der Waals surface area contributed by atoms with Crippen LogP contribution >= 0.6 is 0 Å². The van der Waals surface area contributed by atoms with Gasteiger partial charge in [0.25, 0.3) is 0 Å². The molecule has 3 nitrogen and oxygen atoms in total. The average molecular weight is 474 g/mol. The van der Waals surface area contributed by atoms with Crippen molar-refractivity contribution in [3.8, 4) is 11.3 Å². The number of carbonyl (C=O) groups excluding carboxylic acids is 1. The Morgan fingerprint density at radius 2 is 1.63 bits per heavy atom. The van der Waals surface area contributed by atoms with Crippen LogP contribution in [0.1, 0.15) is 56.0 Å². The van der Waals surface area contributed by atoms with Gasteiger partial charge in [0.1, 0.15) is 0 Å². The molecule has 0 amide bonds. The van der Waals surface area contributed by atoms with Gasteiger partial charge in [0.15, 0.2) is 0 Å². The van der Waals surface area contributed by atoms with Gasteiger partial charge in [0, 0.05) is 0 Å². The number of pyridine rings is 1. The molecule has 0 bridgehead atoms. The Kier molecular flexibility index (Phi) is 8.33. The zero-order chi connectivity index (χ0) is 19.9. The third-order valence-electron chi connectivity index (χ3n) is 5.36. The molecule has 4 heteroatoms. The number of nitrogens with zero attached hydrogens (tertiary/aromatic N) is 1. The summed E-state index contributed by atoms with van der Waals surface area (Å²) in [4.78, 5) is 17.0. The number of hydrogen-bond acceptors (Lipinski definition) is 3. The monoisotopic (exact) mass is 475 g/mol. The number of methoxy groups -OCH3 is 1. The molecule has 0 aliphatic rings. The second kappa shape index (κ2) is 10.3. The van der Waals surface area contributed by atoms with Gasteiger partial charge in [-0.15, -0.1) is 0 Å². The standard InChI is InChI=1S/C14H12NO2.3C3H7.Sn/c1-10-6-7-13(15-9-10)11-4-3-5-12(8-11)14(16)17-2;3*1-3-2;/h4-9H,1-2H3;3*1,3H2,2H3;. The number of benzene rings is 1. The number of aryl methyl sites for hydroxylation is 1. The number of ether oxygens (including phenoxy) is 1. The van der Waals surface area contributed by atoms with Crippen molar-refractivity contribution in [1.82, 2.24) is 4.98 Å². The Bertz CT molecular complexity index is 738. The van der Waals surface area contributed by atoms with E-state index in [1.165, 1.54) is 43.3 Å². The van der Waals surface area contributed by atoms with Gasteiger partial charge in [-0.2, -0.15) is 0 Å². The van der Waals surface area contributed by atoms with Crippen molar-refractivity contribution in [3.05, 3.63) is 47.7 Å². The van der Waals surface area contributed by atoms with E-state index in [2.05, 4.69) is 44.0 Å². The average Bonchev–Trinajstić information content (AvgIpc) is 2.68. The molecule has 146 valence electrons. The number of aromatic nitrogens is 1. The molecule has 0 aliphatic heterocycles. The second-order valence-corrected chi connectivity index (χ2v) is 20.8. The summed E-state index contributed by atoms with van der Waals surface area (Å²) >= 11 is -2.58. The topological polar surface area (TPSA) is 39.2 Å². The van der Waals surface area contributed by atoms with Crippen LogP contribution in [0.4, 0.5) is 0 Å². The van der Waals surface area contributed by atoms with Crippen molar-refractivity contribution in [2.75, 3.05) is 7.11 Å². The van der Waals surface area contributed by atoms with E-state index in [0.29, 0.717) is 5.56 Å². The molecular formula is C23H33NO2Sn. The van der Waals surface area contributed by atoms with Crippen LogP contribution in [0.3, 0.4) is 0 Å². The minimum atomic E-state index is -2.58. The molecule has 27 heavy (non-hydrogen) atoms. The fraction of sp³-hybridized carbons (Fsp3) is 0.478. The Balaban J connectivity index is 2.66. The van der Waals surface area contributed by atoms with E-state index in [4.69, 9.17) is 4.74 Å². The SMILES string of the molecule is CC[CH2][Sn]([CH2]CC)([CH2]CC)[c]1cc(C(=O)OC)cc(-c2ccc(C)cn2)c1. The van der Waals surface area contributed by atoms with E-state index < -0.39 is 18.4 Å². The van der Waals surface area contributed by atoms with Crippen LogP contribution in [-0.4, -0.2) is 36.4 Å². The van der Waals surface area contributed by atoms with Gasteiger partial charge in [0.05, 0.1) is 0 Å². The Morgan fingerprint density at radius 3 is 2.11 bits per heavy atom. The van der Waals surface area contributed by atoms with Crippen LogP contribution in [0.2, 0.25) is 13.3 Å². The summed E-state index contributed by atoms with van der Waals surface area (Å²) in [5.41, 5.74) is 3.77. The molecule has 0 unspecified atom stereocenters. The number of carbonyl (C=O) groups is 1. The molecule has 0 atom stereocenters. The first-order valence-electron chi connectivity index (χ1n) is 10.2. The van der Waals surface area contributed by atoms with Crippen molar-refractivity contribution < 1.29 is 9.53 Å². The van der Waals surface area contributed by atoms with Gasteiger partial charge < -0.3 is 0 Å². The first kappa shape index (κ1) is 21.9. The molecule has 0 saturated heterocycles. The van der Waals surface area contributed by atoms with Crippen LogP contribution in [-0.2, 0) is 4.74 Å². The predicted molar refractivity (Wildman–Crippen MR) is 116 cm³/mol. The molecule has 0 N–H and O–H groups in total. The van der Waals surface area contributed by atoms with E-state index in [0.717, 1.165) is 16.8 Å². The van der Waals surface area contributed by atoms with Crippen LogP contribution in [0.15, 0.2) is 36.5 Å². The molecule has 2 rings (SSSR count). The van der Waals surface area contributed by atoms with Crippen LogP contribution < -0.4 is 3.58 Å². The van der Waals surface area contributed by atoms with Crippen molar-refractivity contribution >= 4 is 27.9 Å². The van der Waals surface area contributed by atoms with E-state index in [9.17, 15) is 4.79 Å². The quantitative estimate of drug-likeness (QED) is 0.344.